The number of aromatic carboxylic acids is 1. The number of benzene rings is 1. The van der Waals surface area contributed by atoms with E-state index in [-0.39, 0.29) is 5.56 Å². The second-order valence-electron chi connectivity index (χ2n) is 3.62. The Morgan fingerprint density at radius 2 is 2.00 bits per heavy atom. The second kappa shape index (κ2) is 3.35. The van der Waals surface area contributed by atoms with Gasteiger partial charge in [0, 0.05) is 11.1 Å². The van der Waals surface area contributed by atoms with Gasteiger partial charge in [-0.25, -0.2) is 4.79 Å². The molecule has 3 nitrogen and oxygen atoms in total. The van der Waals surface area contributed by atoms with E-state index in [4.69, 9.17) is 5.11 Å². The minimum absolute atomic E-state index is 0.278. The smallest absolute Gasteiger partial charge is 0.335 e. The standard InChI is InChI=1S/C12H11NO2/c1-7-5-8(2)13-11-6-9(12(14)15)3-4-10(7)11/h3-6H,1-2H3,(H,14,15). The second-order valence-corrected chi connectivity index (χ2v) is 3.62. The fourth-order valence-corrected chi connectivity index (χ4v) is 1.70. The van der Waals surface area contributed by atoms with Crippen molar-refractivity contribution < 1.29 is 9.90 Å². The van der Waals surface area contributed by atoms with Crippen LogP contribution in [0.4, 0.5) is 0 Å². The van der Waals surface area contributed by atoms with Crippen molar-refractivity contribution in [2.24, 2.45) is 0 Å². The van der Waals surface area contributed by atoms with Gasteiger partial charge in [0.15, 0.2) is 0 Å². The summed E-state index contributed by atoms with van der Waals surface area (Å²) in [5.41, 5.74) is 3.05. The van der Waals surface area contributed by atoms with Crippen molar-refractivity contribution in [3.63, 3.8) is 0 Å². The summed E-state index contributed by atoms with van der Waals surface area (Å²) in [6.07, 6.45) is 0. The van der Waals surface area contributed by atoms with Crippen molar-refractivity contribution in [3.8, 4) is 0 Å². The van der Waals surface area contributed by atoms with Crippen molar-refractivity contribution in [1.29, 1.82) is 0 Å². The Morgan fingerprint density at radius 1 is 1.27 bits per heavy atom. The third-order valence-corrected chi connectivity index (χ3v) is 2.39. The summed E-state index contributed by atoms with van der Waals surface area (Å²) in [6.45, 7) is 3.90. The first-order valence-electron chi connectivity index (χ1n) is 4.69. The lowest BCUT2D eigenvalue weighted by Gasteiger charge is -2.04. The fourth-order valence-electron chi connectivity index (χ4n) is 1.70. The van der Waals surface area contributed by atoms with E-state index in [2.05, 4.69) is 4.98 Å². The molecule has 2 rings (SSSR count). The van der Waals surface area contributed by atoms with Crippen LogP contribution >= 0.6 is 0 Å². The quantitative estimate of drug-likeness (QED) is 0.771. The molecule has 76 valence electrons. The third kappa shape index (κ3) is 1.68. The molecule has 0 aliphatic carbocycles. The number of carboxylic acid groups (broad SMARTS) is 1. The zero-order chi connectivity index (χ0) is 11.0. The van der Waals surface area contributed by atoms with Gasteiger partial charge in [-0.2, -0.15) is 0 Å². The largest absolute Gasteiger partial charge is 0.478 e. The highest BCUT2D eigenvalue weighted by Crippen LogP contribution is 2.19. The van der Waals surface area contributed by atoms with Gasteiger partial charge in [0.2, 0.25) is 0 Å². The number of aromatic nitrogens is 1. The first-order valence-corrected chi connectivity index (χ1v) is 4.69. The molecule has 0 saturated heterocycles. The topological polar surface area (TPSA) is 50.2 Å². The van der Waals surface area contributed by atoms with Crippen molar-refractivity contribution in [2.45, 2.75) is 13.8 Å². The zero-order valence-electron chi connectivity index (χ0n) is 8.61. The molecule has 0 amide bonds. The molecule has 1 N–H and O–H groups in total. The molecule has 3 heteroatoms. The number of carboxylic acids is 1. The maximum Gasteiger partial charge on any atom is 0.335 e. The summed E-state index contributed by atoms with van der Waals surface area (Å²) in [7, 11) is 0. The molecule has 2 aromatic rings. The Morgan fingerprint density at radius 3 is 2.67 bits per heavy atom. The van der Waals surface area contributed by atoms with Crippen LogP contribution in [-0.2, 0) is 0 Å². The van der Waals surface area contributed by atoms with Crippen LogP contribution in [0.3, 0.4) is 0 Å². The molecule has 0 spiro atoms. The maximum atomic E-state index is 10.8. The third-order valence-electron chi connectivity index (χ3n) is 2.39. The fraction of sp³-hybridized carbons (Fsp3) is 0.167. The Balaban J connectivity index is 2.76. The molecule has 1 aromatic heterocycles. The normalized spacial score (nSPS) is 10.5. The van der Waals surface area contributed by atoms with E-state index in [0.29, 0.717) is 0 Å². The maximum absolute atomic E-state index is 10.8. The van der Waals surface area contributed by atoms with Gasteiger partial charge in [0.25, 0.3) is 0 Å². The van der Waals surface area contributed by atoms with E-state index in [1.54, 1.807) is 18.2 Å². The summed E-state index contributed by atoms with van der Waals surface area (Å²) in [4.78, 5) is 15.1. The number of hydrogen-bond acceptors (Lipinski definition) is 2. The van der Waals surface area contributed by atoms with Gasteiger partial charge in [-0.05, 0) is 37.6 Å². The summed E-state index contributed by atoms with van der Waals surface area (Å²) in [5, 5.41) is 9.86. The predicted octanol–water partition coefficient (Wildman–Crippen LogP) is 2.55. The molecular weight excluding hydrogens is 190 g/mol. The van der Waals surface area contributed by atoms with Gasteiger partial charge in [-0.3, -0.25) is 4.98 Å². The van der Waals surface area contributed by atoms with Crippen LogP contribution in [0.25, 0.3) is 10.9 Å². The lowest BCUT2D eigenvalue weighted by atomic mass is 10.1. The molecule has 0 unspecified atom stereocenters. The Kier molecular flexibility index (Phi) is 2.15. The van der Waals surface area contributed by atoms with Crippen LogP contribution in [0.15, 0.2) is 24.3 Å². The number of carbonyl (C=O) groups is 1. The molecule has 0 fully saturated rings. The number of pyridine rings is 1. The van der Waals surface area contributed by atoms with Gasteiger partial charge in [-0.15, -0.1) is 0 Å². The number of rotatable bonds is 1. The van der Waals surface area contributed by atoms with E-state index in [1.165, 1.54) is 0 Å². The van der Waals surface area contributed by atoms with Crippen molar-refractivity contribution in [1.82, 2.24) is 4.98 Å². The highest BCUT2D eigenvalue weighted by Gasteiger charge is 2.06. The van der Waals surface area contributed by atoms with E-state index in [9.17, 15) is 4.79 Å². The van der Waals surface area contributed by atoms with Crippen LogP contribution in [0.5, 0.6) is 0 Å². The average Bonchev–Trinajstić information content (AvgIpc) is 2.16. The lowest BCUT2D eigenvalue weighted by molar-refractivity contribution is 0.0697. The molecule has 0 saturated carbocycles. The van der Waals surface area contributed by atoms with Gasteiger partial charge in [-0.1, -0.05) is 6.07 Å². The molecular formula is C12H11NO2. The van der Waals surface area contributed by atoms with Crippen LogP contribution < -0.4 is 0 Å². The van der Waals surface area contributed by atoms with Crippen LogP contribution in [0.1, 0.15) is 21.6 Å². The molecule has 1 aromatic carbocycles. The van der Waals surface area contributed by atoms with Crippen molar-refractivity contribution in [3.05, 3.63) is 41.1 Å². The first kappa shape index (κ1) is 9.65. The monoisotopic (exact) mass is 201 g/mol. The summed E-state index contributed by atoms with van der Waals surface area (Å²) < 4.78 is 0. The molecule has 0 aliphatic heterocycles. The van der Waals surface area contributed by atoms with Crippen LogP contribution in [-0.4, -0.2) is 16.1 Å². The molecule has 0 atom stereocenters. The van der Waals surface area contributed by atoms with Gasteiger partial charge in [0.1, 0.15) is 0 Å². The zero-order valence-corrected chi connectivity index (χ0v) is 8.61. The van der Waals surface area contributed by atoms with E-state index >= 15 is 0 Å². The van der Waals surface area contributed by atoms with Gasteiger partial charge >= 0.3 is 5.97 Å². The number of hydrogen-bond donors (Lipinski definition) is 1. The first-order chi connectivity index (χ1) is 7.08. The van der Waals surface area contributed by atoms with E-state index in [0.717, 1.165) is 22.2 Å². The lowest BCUT2D eigenvalue weighted by Crippen LogP contribution is -1.97. The number of fused-ring (bicyclic) bond motifs is 1. The van der Waals surface area contributed by atoms with Crippen LogP contribution in [0.2, 0.25) is 0 Å². The van der Waals surface area contributed by atoms with Crippen molar-refractivity contribution in [2.75, 3.05) is 0 Å². The molecule has 15 heavy (non-hydrogen) atoms. The molecule has 1 heterocycles. The molecule has 0 radical (unpaired) electrons. The predicted molar refractivity (Wildman–Crippen MR) is 58.2 cm³/mol. The molecule has 0 bridgehead atoms. The summed E-state index contributed by atoms with van der Waals surface area (Å²) in [6, 6.07) is 7.01. The van der Waals surface area contributed by atoms with Crippen LogP contribution in [0, 0.1) is 13.8 Å². The SMILES string of the molecule is Cc1cc(C)c2ccc(C(=O)O)cc2n1. The minimum Gasteiger partial charge on any atom is -0.478 e. The minimum atomic E-state index is -0.919. The highest BCUT2D eigenvalue weighted by molar-refractivity contribution is 5.93. The summed E-state index contributed by atoms with van der Waals surface area (Å²) in [5.74, 6) is -0.919. The Bertz CT molecular complexity index is 547. The van der Waals surface area contributed by atoms with E-state index in [1.807, 2.05) is 19.9 Å². The summed E-state index contributed by atoms with van der Waals surface area (Å²) >= 11 is 0. The number of nitrogens with zero attached hydrogens (tertiary/aromatic N) is 1. The van der Waals surface area contributed by atoms with Gasteiger partial charge < -0.3 is 5.11 Å². The molecule has 0 aliphatic rings. The Hall–Kier alpha value is -1.90. The average molecular weight is 201 g/mol. The number of aryl methyl sites for hydroxylation is 2. The highest BCUT2D eigenvalue weighted by atomic mass is 16.4. The van der Waals surface area contributed by atoms with Crippen molar-refractivity contribution >= 4 is 16.9 Å². The van der Waals surface area contributed by atoms with E-state index < -0.39 is 5.97 Å². The van der Waals surface area contributed by atoms with Gasteiger partial charge in [0.05, 0.1) is 11.1 Å². The Labute approximate surface area is 87.4 Å².